The molecule has 1 aliphatic rings. The van der Waals surface area contributed by atoms with Crippen LogP contribution in [0.1, 0.15) is 45.2 Å². The van der Waals surface area contributed by atoms with Gasteiger partial charge in [-0.1, -0.05) is 11.6 Å². The van der Waals surface area contributed by atoms with Crippen LogP contribution >= 0.6 is 11.6 Å². The summed E-state index contributed by atoms with van der Waals surface area (Å²) in [5.41, 5.74) is 2.26. The number of rotatable bonds is 2. The monoisotopic (exact) mass is 350 g/mol. The minimum Gasteiger partial charge on any atom is -0.444 e. The Morgan fingerprint density at radius 3 is 2.88 bits per heavy atom. The average molecular weight is 351 g/mol. The summed E-state index contributed by atoms with van der Waals surface area (Å²) >= 11 is 5.95. The van der Waals surface area contributed by atoms with E-state index in [1.54, 1.807) is 11.1 Å². The summed E-state index contributed by atoms with van der Waals surface area (Å²) < 4.78 is 5.48. The van der Waals surface area contributed by atoms with Crippen molar-refractivity contribution >= 4 is 17.7 Å². The molecule has 1 saturated heterocycles. The molecule has 3 heterocycles. The number of likely N-dealkylation sites (tertiary alicyclic amines) is 1. The van der Waals surface area contributed by atoms with Gasteiger partial charge in [0.05, 0.1) is 10.7 Å². The van der Waals surface area contributed by atoms with Gasteiger partial charge in [0.15, 0.2) is 0 Å². The number of carbonyl (C=O) groups excluding carboxylic acids is 1. The minimum atomic E-state index is -0.474. The SMILES string of the molecule is CC(C)(C)OC(=O)N1CCC[C@H](c2cc(-c3cc(Cl)c[nH]3)n[nH]2)C1. The van der Waals surface area contributed by atoms with E-state index in [1.807, 2.05) is 32.9 Å². The van der Waals surface area contributed by atoms with Crippen molar-refractivity contribution in [3.8, 4) is 11.4 Å². The van der Waals surface area contributed by atoms with E-state index in [4.69, 9.17) is 16.3 Å². The van der Waals surface area contributed by atoms with Crippen molar-refractivity contribution < 1.29 is 9.53 Å². The summed E-state index contributed by atoms with van der Waals surface area (Å²) in [5, 5.41) is 8.11. The van der Waals surface area contributed by atoms with Crippen LogP contribution in [0.2, 0.25) is 5.02 Å². The van der Waals surface area contributed by atoms with Crippen molar-refractivity contribution in [3.05, 3.63) is 29.0 Å². The smallest absolute Gasteiger partial charge is 0.410 e. The largest absolute Gasteiger partial charge is 0.444 e. The molecule has 2 aromatic heterocycles. The minimum absolute atomic E-state index is 0.234. The molecule has 7 heteroatoms. The summed E-state index contributed by atoms with van der Waals surface area (Å²) in [7, 11) is 0. The second-order valence-corrected chi connectivity index (χ2v) is 7.64. The summed E-state index contributed by atoms with van der Waals surface area (Å²) in [4.78, 5) is 17.2. The van der Waals surface area contributed by atoms with Crippen LogP contribution < -0.4 is 0 Å². The number of piperidine rings is 1. The average Bonchev–Trinajstić information content (AvgIpc) is 3.14. The maximum atomic E-state index is 12.3. The van der Waals surface area contributed by atoms with Crippen LogP contribution in [0.25, 0.3) is 11.4 Å². The Morgan fingerprint density at radius 2 is 2.21 bits per heavy atom. The van der Waals surface area contributed by atoms with Gasteiger partial charge < -0.3 is 14.6 Å². The van der Waals surface area contributed by atoms with Gasteiger partial charge in [0, 0.05) is 30.9 Å². The van der Waals surface area contributed by atoms with Gasteiger partial charge in [0.1, 0.15) is 11.3 Å². The summed E-state index contributed by atoms with van der Waals surface area (Å²) in [6.45, 7) is 7.03. The highest BCUT2D eigenvalue weighted by molar-refractivity contribution is 6.30. The number of halogens is 1. The van der Waals surface area contributed by atoms with E-state index in [1.165, 1.54) is 0 Å². The van der Waals surface area contributed by atoms with Crippen molar-refractivity contribution in [3.63, 3.8) is 0 Å². The first-order valence-corrected chi connectivity index (χ1v) is 8.57. The van der Waals surface area contributed by atoms with Crippen LogP contribution in [0.15, 0.2) is 18.3 Å². The highest BCUT2D eigenvalue weighted by Gasteiger charge is 2.29. The predicted molar refractivity (Wildman–Crippen MR) is 93.2 cm³/mol. The Kier molecular flexibility index (Phi) is 4.58. The standard InChI is InChI=1S/C17H23ClN4O2/c1-17(2,3)24-16(23)22-6-4-5-11(10-22)13-8-15(21-20-13)14-7-12(18)9-19-14/h7-9,11,19H,4-6,10H2,1-3H3,(H,20,21)/t11-/m0/s1. The first-order valence-electron chi connectivity index (χ1n) is 8.19. The first kappa shape index (κ1) is 16.9. The Balaban J connectivity index is 1.69. The number of hydrogen-bond acceptors (Lipinski definition) is 3. The van der Waals surface area contributed by atoms with E-state index in [0.717, 1.165) is 36.5 Å². The molecule has 3 rings (SSSR count). The highest BCUT2D eigenvalue weighted by Crippen LogP contribution is 2.29. The van der Waals surface area contributed by atoms with Gasteiger partial charge in [0.25, 0.3) is 0 Å². The highest BCUT2D eigenvalue weighted by atomic mass is 35.5. The second-order valence-electron chi connectivity index (χ2n) is 7.21. The lowest BCUT2D eigenvalue weighted by molar-refractivity contribution is 0.0197. The van der Waals surface area contributed by atoms with Gasteiger partial charge in [-0.2, -0.15) is 5.10 Å². The summed E-state index contributed by atoms with van der Waals surface area (Å²) in [5.74, 6) is 0.234. The van der Waals surface area contributed by atoms with Gasteiger partial charge in [-0.25, -0.2) is 4.79 Å². The van der Waals surface area contributed by atoms with Gasteiger partial charge in [-0.3, -0.25) is 5.10 Å². The Labute approximate surface area is 146 Å². The molecule has 0 saturated carbocycles. The Bertz CT molecular complexity index is 716. The molecule has 0 unspecified atom stereocenters. The van der Waals surface area contributed by atoms with Crippen LogP contribution in [0.3, 0.4) is 0 Å². The molecule has 130 valence electrons. The van der Waals surface area contributed by atoms with Crippen molar-refractivity contribution in [2.24, 2.45) is 0 Å². The molecule has 6 nitrogen and oxygen atoms in total. The zero-order valence-electron chi connectivity index (χ0n) is 14.2. The lowest BCUT2D eigenvalue weighted by atomic mass is 9.95. The van der Waals surface area contributed by atoms with E-state index in [9.17, 15) is 4.79 Å². The molecule has 2 aromatic rings. The van der Waals surface area contributed by atoms with E-state index in [0.29, 0.717) is 11.6 Å². The number of aromatic amines is 2. The fourth-order valence-corrected chi connectivity index (χ4v) is 3.09. The van der Waals surface area contributed by atoms with Crippen LogP contribution in [-0.2, 0) is 4.74 Å². The van der Waals surface area contributed by atoms with Gasteiger partial charge in [-0.15, -0.1) is 0 Å². The second kappa shape index (κ2) is 6.51. The van der Waals surface area contributed by atoms with E-state index in [2.05, 4.69) is 15.2 Å². The third kappa shape index (κ3) is 3.93. The molecule has 0 spiro atoms. The Morgan fingerprint density at radius 1 is 1.42 bits per heavy atom. The molecule has 0 bridgehead atoms. The normalized spacial score (nSPS) is 18.7. The van der Waals surface area contributed by atoms with Gasteiger partial charge in [-0.05, 0) is 45.7 Å². The summed E-state index contributed by atoms with van der Waals surface area (Å²) in [6, 6.07) is 3.86. The lowest BCUT2D eigenvalue weighted by Gasteiger charge is -2.33. The van der Waals surface area contributed by atoms with E-state index in [-0.39, 0.29) is 12.0 Å². The molecular weight excluding hydrogens is 328 g/mol. The van der Waals surface area contributed by atoms with Crippen LogP contribution in [0, 0.1) is 0 Å². The molecular formula is C17H23ClN4O2. The molecule has 1 aliphatic heterocycles. The molecule has 0 aliphatic carbocycles. The van der Waals surface area contributed by atoms with Gasteiger partial charge in [0.2, 0.25) is 0 Å². The molecule has 24 heavy (non-hydrogen) atoms. The fraction of sp³-hybridized carbons (Fsp3) is 0.529. The van der Waals surface area contributed by atoms with Crippen molar-refractivity contribution in [2.75, 3.05) is 13.1 Å². The molecule has 1 fully saturated rings. The number of hydrogen-bond donors (Lipinski definition) is 2. The van der Waals surface area contributed by atoms with Crippen molar-refractivity contribution in [1.82, 2.24) is 20.1 Å². The fourth-order valence-electron chi connectivity index (χ4n) is 2.92. The number of aromatic nitrogens is 3. The number of nitrogens with one attached hydrogen (secondary N) is 2. The van der Waals surface area contributed by atoms with Crippen LogP contribution in [0.5, 0.6) is 0 Å². The Hall–Kier alpha value is -1.95. The third-order valence-electron chi connectivity index (χ3n) is 4.03. The molecule has 1 atom stereocenters. The van der Waals surface area contributed by atoms with Gasteiger partial charge >= 0.3 is 6.09 Å². The van der Waals surface area contributed by atoms with Crippen LogP contribution in [0.4, 0.5) is 4.79 Å². The zero-order valence-corrected chi connectivity index (χ0v) is 15.0. The maximum absolute atomic E-state index is 12.3. The van der Waals surface area contributed by atoms with E-state index < -0.39 is 5.60 Å². The molecule has 0 aromatic carbocycles. The number of nitrogens with zero attached hydrogens (tertiary/aromatic N) is 2. The molecule has 2 N–H and O–H groups in total. The predicted octanol–water partition coefficient (Wildman–Crippen LogP) is 4.17. The topological polar surface area (TPSA) is 74.0 Å². The molecule has 0 radical (unpaired) electrons. The van der Waals surface area contributed by atoms with Crippen molar-refractivity contribution in [2.45, 2.75) is 45.1 Å². The zero-order chi connectivity index (χ0) is 17.3. The summed E-state index contributed by atoms with van der Waals surface area (Å²) in [6.07, 6.45) is 3.46. The first-order chi connectivity index (χ1) is 11.3. The quantitative estimate of drug-likeness (QED) is 0.853. The number of amides is 1. The van der Waals surface area contributed by atoms with E-state index >= 15 is 0 Å². The van der Waals surface area contributed by atoms with Crippen molar-refractivity contribution in [1.29, 1.82) is 0 Å². The number of carbonyl (C=O) groups is 1. The molecule has 1 amide bonds. The number of ether oxygens (including phenoxy) is 1. The number of H-pyrrole nitrogens is 2. The lowest BCUT2D eigenvalue weighted by Crippen LogP contribution is -2.42. The maximum Gasteiger partial charge on any atom is 0.410 e. The third-order valence-corrected chi connectivity index (χ3v) is 4.25. The van der Waals surface area contributed by atoms with Crippen LogP contribution in [-0.4, -0.2) is 44.9 Å².